The predicted molar refractivity (Wildman–Crippen MR) is 106 cm³/mol. The summed E-state index contributed by atoms with van der Waals surface area (Å²) in [5, 5.41) is 5.82. The number of benzene rings is 1. The topological polar surface area (TPSA) is 96.1 Å². The van der Waals surface area contributed by atoms with E-state index in [4.69, 9.17) is 4.42 Å². The van der Waals surface area contributed by atoms with Crippen molar-refractivity contribution in [1.29, 1.82) is 0 Å². The summed E-state index contributed by atoms with van der Waals surface area (Å²) in [6, 6.07) is 10.7. The van der Waals surface area contributed by atoms with Gasteiger partial charge in [-0.05, 0) is 37.1 Å². The van der Waals surface area contributed by atoms with Gasteiger partial charge in [0.05, 0.1) is 43.7 Å². The van der Waals surface area contributed by atoms with E-state index in [1.165, 1.54) is 6.26 Å². The van der Waals surface area contributed by atoms with Gasteiger partial charge in [-0.2, -0.15) is 0 Å². The molecule has 1 aromatic heterocycles. The maximum absolute atomic E-state index is 12.5. The highest BCUT2D eigenvalue weighted by Gasteiger charge is 2.28. The minimum absolute atomic E-state index is 0.117. The Labute approximate surface area is 168 Å². The summed E-state index contributed by atoms with van der Waals surface area (Å²) in [6.45, 7) is 2.81. The number of rotatable bonds is 6. The number of amides is 3. The van der Waals surface area contributed by atoms with Gasteiger partial charge in [0.2, 0.25) is 0 Å². The Morgan fingerprint density at radius 1 is 1.07 bits per heavy atom. The molecule has 2 aliphatic rings. The van der Waals surface area contributed by atoms with E-state index in [0.29, 0.717) is 49.7 Å². The maximum Gasteiger partial charge on any atom is 0.289 e. The molecule has 1 aliphatic heterocycles. The summed E-state index contributed by atoms with van der Waals surface area (Å²) in [5.41, 5.74) is 1.01. The molecule has 1 aromatic carbocycles. The standard InChI is InChI=1S/C21H24N4O4/c26-19(23-17-5-2-1-4-16(17)20(27)22-15-7-8-15)14-24-9-11-25(12-10-24)21(28)18-6-3-13-29-18/h1-6,13,15H,7-12,14H2,(H,22,27)(H,23,26)/p+1. The number of anilines is 1. The van der Waals surface area contributed by atoms with Gasteiger partial charge in [-0.25, -0.2) is 0 Å². The first-order valence-corrected chi connectivity index (χ1v) is 9.96. The van der Waals surface area contributed by atoms with Crippen LogP contribution in [0.5, 0.6) is 0 Å². The van der Waals surface area contributed by atoms with Crippen molar-refractivity contribution in [3.63, 3.8) is 0 Å². The Morgan fingerprint density at radius 3 is 2.52 bits per heavy atom. The van der Waals surface area contributed by atoms with Crippen LogP contribution in [0.25, 0.3) is 0 Å². The van der Waals surface area contributed by atoms with Crippen LogP contribution in [0.2, 0.25) is 0 Å². The molecule has 0 spiro atoms. The third kappa shape index (κ3) is 4.83. The highest BCUT2D eigenvalue weighted by atomic mass is 16.3. The number of furan rings is 1. The molecule has 2 heterocycles. The number of nitrogens with one attached hydrogen (secondary N) is 3. The van der Waals surface area contributed by atoms with Crippen LogP contribution in [0.4, 0.5) is 5.69 Å². The average Bonchev–Trinajstić information content (AvgIpc) is 3.37. The first-order chi connectivity index (χ1) is 14.1. The fraction of sp³-hybridized carbons (Fsp3) is 0.381. The maximum atomic E-state index is 12.5. The Kier molecular flexibility index (Phi) is 5.62. The minimum atomic E-state index is -0.152. The second-order valence-corrected chi connectivity index (χ2v) is 7.54. The number of para-hydroxylation sites is 1. The summed E-state index contributed by atoms with van der Waals surface area (Å²) >= 11 is 0. The van der Waals surface area contributed by atoms with E-state index in [1.807, 2.05) is 0 Å². The van der Waals surface area contributed by atoms with Crippen LogP contribution in [-0.4, -0.2) is 61.4 Å². The Morgan fingerprint density at radius 2 is 1.83 bits per heavy atom. The molecular weight excluding hydrogens is 372 g/mol. The summed E-state index contributed by atoms with van der Waals surface area (Å²) < 4.78 is 5.17. The van der Waals surface area contributed by atoms with E-state index in [1.54, 1.807) is 41.3 Å². The summed E-state index contributed by atoms with van der Waals surface area (Å²) in [7, 11) is 0. The van der Waals surface area contributed by atoms with E-state index >= 15 is 0 Å². The number of quaternary nitrogens is 1. The molecule has 8 heteroatoms. The molecule has 0 unspecified atom stereocenters. The second kappa shape index (κ2) is 8.48. The summed E-state index contributed by atoms with van der Waals surface area (Å²) in [6.07, 6.45) is 3.51. The van der Waals surface area contributed by atoms with E-state index in [2.05, 4.69) is 10.6 Å². The third-order valence-corrected chi connectivity index (χ3v) is 5.26. The summed E-state index contributed by atoms with van der Waals surface area (Å²) in [4.78, 5) is 40.1. The molecule has 3 amide bonds. The van der Waals surface area contributed by atoms with Crippen LogP contribution in [0.1, 0.15) is 33.8 Å². The Balaban J connectivity index is 1.28. The lowest BCUT2D eigenvalue weighted by Crippen LogP contribution is -3.15. The van der Waals surface area contributed by atoms with Gasteiger partial charge in [-0.3, -0.25) is 14.4 Å². The van der Waals surface area contributed by atoms with Crippen molar-refractivity contribution < 1.29 is 23.7 Å². The lowest BCUT2D eigenvalue weighted by atomic mass is 10.1. The smallest absolute Gasteiger partial charge is 0.289 e. The lowest BCUT2D eigenvalue weighted by molar-refractivity contribution is -0.895. The molecule has 4 rings (SSSR count). The van der Waals surface area contributed by atoms with Crippen molar-refractivity contribution in [2.24, 2.45) is 0 Å². The van der Waals surface area contributed by atoms with Crippen LogP contribution in [0.15, 0.2) is 47.1 Å². The molecule has 3 N–H and O–H groups in total. The molecule has 1 saturated carbocycles. The molecule has 0 radical (unpaired) electrons. The van der Waals surface area contributed by atoms with Crippen LogP contribution >= 0.6 is 0 Å². The van der Waals surface area contributed by atoms with Crippen molar-refractivity contribution in [1.82, 2.24) is 10.2 Å². The molecule has 0 atom stereocenters. The molecule has 8 nitrogen and oxygen atoms in total. The largest absolute Gasteiger partial charge is 0.459 e. The highest BCUT2D eigenvalue weighted by Crippen LogP contribution is 2.21. The van der Waals surface area contributed by atoms with Gasteiger partial charge < -0.3 is 24.9 Å². The van der Waals surface area contributed by atoms with E-state index < -0.39 is 0 Å². The van der Waals surface area contributed by atoms with Gasteiger partial charge in [-0.1, -0.05) is 12.1 Å². The van der Waals surface area contributed by atoms with E-state index in [9.17, 15) is 14.4 Å². The Hall–Kier alpha value is -3.13. The quantitative estimate of drug-likeness (QED) is 0.647. The fourth-order valence-electron chi connectivity index (χ4n) is 3.46. The van der Waals surface area contributed by atoms with Crippen LogP contribution in [-0.2, 0) is 4.79 Å². The van der Waals surface area contributed by atoms with Gasteiger partial charge in [0.15, 0.2) is 12.3 Å². The first kappa shape index (κ1) is 19.2. The number of carbonyl (C=O) groups excluding carboxylic acids is 3. The van der Waals surface area contributed by atoms with Crippen LogP contribution < -0.4 is 15.5 Å². The van der Waals surface area contributed by atoms with Gasteiger partial charge in [0, 0.05) is 6.04 Å². The van der Waals surface area contributed by atoms with Gasteiger partial charge in [-0.15, -0.1) is 0 Å². The monoisotopic (exact) mass is 397 g/mol. The molecule has 1 saturated heterocycles. The van der Waals surface area contributed by atoms with Gasteiger partial charge in [0.25, 0.3) is 17.7 Å². The third-order valence-electron chi connectivity index (χ3n) is 5.26. The van der Waals surface area contributed by atoms with Crippen molar-refractivity contribution in [3.8, 4) is 0 Å². The van der Waals surface area contributed by atoms with E-state index in [-0.39, 0.29) is 23.8 Å². The molecule has 2 aromatic rings. The molecule has 152 valence electrons. The summed E-state index contributed by atoms with van der Waals surface area (Å²) in [5.74, 6) is -0.0698. The van der Waals surface area contributed by atoms with Gasteiger partial charge in [0.1, 0.15) is 0 Å². The van der Waals surface area contributed by atoms with E-state index in [0.717, 1.165) is 17.7 Å². The minimum Gasteiger partial charge on any atom is -0.459 e. The molecule has 0 bridgehead atoms. The average molecular weight is 397 g/mol. The zero-order valence-corrected chi connectivity index (χ0v) is 16.1. The number of carbonyl (C=O) groups is 3. The zero-order valence-electron chi connectivity index (χ0n) is 16.1. The SMILES string of the molecule is O=C(C[NH+]1CCN(C(=O)c2ccco2)CC1)Nc1ccccc1C(=O)NC1CC1. The number of hydrogen-bond donors (Lipinski definition) is 3. The van der Waals surface area contributed by atoms with Crippen molar-refractivity contribution in [2.45, 2.75) is 18.9 Å². The van der Waals surface area contributed by atoms with Gasteiger partial charge >= 0.3 is 0 Å². The van der Waals surface area contributed by atoms with Crippen molar-refractivity contribution in [2.75, 3.05) is 38.0 Å². The Bertz CT molecular complexity index is 884. The normalized spacial score (nSPS) is 17.0. The fourth-order valence-corrected chi connectivity index (χ4v) is 3.46. The highest BCUT2D eigenvalue weighted by molar-refractivity contribution is 6.04. The number of hydrogen-bond acceptors (Lipinski definition) is 4. The van der Waals surface area contributed by atoms with Crippen molar-refractivity contribution >= 4 is 23.4 Å². The molecule has 1 aliphatic carbocycles. The lowest BCUT2D eigenvalue weighted by Gasteiger charge is -2.31. The van der Waals surface area contributed by atoms with Crippen LogP contribution in [0, 0.1) is 0 Å². The first-order valence-electron chi connectivity index (χ1n) is 9.96. The van der Waals surface area contributed by atoms with Crippen LogP contribution in [0.3, 0.4) is 0 Å². The molecule has 2 fully saturated rings. The second-order valence-electron chi connectivity index (χ2n) is 7.54. The molecular formula is C21H25N4O4+. The zero-order chi connectivity index (χ0) is 20.2. The predicted octanol–water partition coefficient (Wildman–Crippen LogP) is 0.151. The molecule has 29 heavy (non-hydrogen) atoms. The van der Waals surface area contributed by atoms with Crippen molar-refractivity contribution in [3.05, 3.63) is 54.0 Å². The number of nitrogens with zero attached hydrogens (tertiary/aromatic N) is 1. The number of piperazine rings is 1.